The standard InChI is InChI=1S/C18H28F3N7O/c1-12-13(25-15-23-10-14(18(19,20)21)17(4,22)26-15)9-24-28(12)11-16(2,3)27-5-7-29-8-6-27/h9-10H,5-8,11,22H2,1-4H3,(H2,23,25,26). The van der Waals surface area contributed by atoms with Crippen LogP contribution in [-0.2, 0) is 11.3 Å². The van der Waals surface area contributed by atoms with Gasteiger partial charge in [-0.1, -0.05) is 0 Å². The van der Waals surface area contributed by atoms with Crippen LogP contribution in [0, 0.1) is 6.92 Å². The van der Waals surface area contributed by atoms with E-state index in [0.717, 1.165) is 25.0 Å². The summed E-state index contributed by atoms with van der Waals surface area (Å²) in [5.41, 5.74) is 4.32. The third-order valence-corrected chi connectivity index (χ3v) is 5.31. The van der Waals surface area contributed by atoms with E-state index >= 15 is 0 Å². The van der Waals surface area contributed by atoms with Crippen molar-refractivity contribution in [2.75, 3.05) is 31.6 Å². The van der Waals surface area contributed by atoms with E-state index in [1.807, 2.05) is 11.6 Å². The monoisotopic (exact) mass is 415 g/mol. The molecule has 3 heterocycles. The molecule has 0 amide bonds. The van der Waals surface area contributed by atoms with Crippen molar-refractivity contribution in [3.63, 3.8) is 0 Å². The van der Waals surface area contributed by atoms with Crippen LogP contribution in [0.2, 0.25) is 0 Å². The smallest absolute Gasteiger partial charge is 0.379 e. The van der Waals surface area contributed by atoms with Gasteiger partial charge in [-0.05, 0) is 27.7 Å². The van der Waals surface area contributed by atoms with Crippen LogP contribution in [0.3, 0.4) is 0 Å². The second-order valence-electron chi connectivity index (χ2n) is 8.15. The highest BCUT2D eigenvalue weighted by Gasteiger charge is 2.45. The van der Waals surface area contributed by atoms with Gasteiger partial charge in [-0.25, -0.2) is 4.99 Å². The second-order valence-corrected chi connectivity index (χ2v) is 8.15. The van der Waals surface area contributed by atoms with Gasteiger partial charge in [0.2, 0.25) is 5.96 Å². The first-order chi connectivity index (χ1) is 13.4. The minimum absolute atomic E-state index is 0.126. The number of aliphatic imine (C=N–C) groups is 1. The summed E-state index contributed by atoms with van der Waals surface area (Å²) < 4.78 is 46.5. The number of rotatable bonds is 4. The number of halogens is 3. The summed E-state index contributed by atoms with van der Waals surface area (Å²) in [7, 11) is 0. The highest BCUT2D eigenvalue weighted by atomic mass is 19.4. The molecule has 1 fully saturated rings. The molecular weight excluding hydrogens is 387 g/mol. The van der Waals surface area contributed by atoms with Gasteiger partial charge in [0.25, 0.3) is 0 Å². The molecule has 1 unspecified atom stereocenters. The molecule has 29 heavy (non-hydrogen) atoms. The number of hydrogen-bond acceptors (Lipinski definition) is 7. The van der Waals surface area contributed by atoms with Gasteiger partial charge in [0.1, 0.15) is 5.66 Å². The Bertz CT molecular complexity index is 805. The Labute approximate surface area is 168 Å². The molecule has 1 aromatic heterocycles. The van der Waals surface area contributed by atoms with E-state index in [1.165, 1.54) is 6.92 Å². The number of alkyl halides is 3. The van der Waals surface area contributed by atoms with E-state index in [1.54, 1.807) is 6.20 Å². The molecule has 11 heteroatoms. The summed E-state index contributed by atoms with van der Waals surface area (Å²) in [4.78, 5) is 6.34. The summed E-state index contributed by atoms with van der Waals surface area (Å²) in [6.07, 6.45) is -2.08. The van der Waals surface area contributed by atoms with E-state index < -0.39 is 17.4 Å². The fraction of sp³-hybridized carbons (Fsp3) is 0.667. The Kier molecular flexibility index (Phi) is 5.67. The summed E-state index contributed by atoms with van der Waals surface area (Å²) in [5, 5.41) is 9.97. The van der Waals surface area contributed by atoms with E-state index in [2.05, 4.69) is 39.5 Å². The van der Waals surface area contributed by atoms with Crippen LogP contribution in [0.15, 0.2) is 23.0 Å². The third-order valence-electron chi connectivity index (χ3n) is 5.31. The molecule has 1 saturated heterocycles. The molecule has 0 saturated carbocycles. The van der Waals surface area contributed by atoms with Gasteiger partial charge in [-0.3, -0.25) is 9.58 Å². The first-order valence-electron chi connectivity index (χ1n) is 9.45. The Morgan fingerprint density at radius 2 is 1.97 bits per heavy atom. The van der Waals surface area contributed by atoms with Gasteiger partial charge >= 0.3 is 6.18 Å². The van der Waals surface area contributed by atoms with E-state index in [9.17, 15) is 13.2 Å². The van der Waals surface area contributed by atoms with Crippen LogP contribution in [0.4, 0.5) is 18.9 Å². The normalized spacial score (nSPS) is 24.0. The lowest BCUT2D eigenvalue weighted by Gasteiger charge is -2.40. The molecule has 1 atom stereocenters. The molecule has 2 aliphatic rings. The predicted molar refractivity (Wildman–Crippen MR) is 104 cm³/mol. The molecule has 2 aliphatic heterocycles. The highest BCUT2D eigenvalue weighted by Crippen LogP contribution is 2.34. The van der Waals surface area contributed by atoms with Crippen LogP contribution >= 0.6 is 0 Å². The second kappa shape index (κ2) is 7.62. The summed E-state index contributed by atoms with van der Waals surface area (Å²) in [5.74, 6) is 0.137. The highest BCUT2D eigenvalue weighted by molar-refractivity contribution is 5.95. The fourth-order valence-electron chi connectivity index (χ4n) is 3.54. The van der Waals surface area contributed by atoms with Gasteiger partial charge in [0.15, 0.2) is 0 Å². The van der Waals surface area contributed by atoms with Crippen molar-refractivity contribution in [1.82, 2.24) is 20.0 Å². The largest absolute Gasteiger partial charge is 0.417 e. The molecule has 0 radical (unpaired) electrons. The van der Waals surface area contributed by atoms with Crippen molar-refractivity contribution in [3.8, 4) is 0 Å². The van der Waals surface area contributed by atoms with Crippen molar-refractivity contribution in [2.24, 2.45) is 10.7 Å². The molecule has 162 valence electrons. The minimum atomic E-state index is -4.56. The third kappa shape index (κ3) is 4.73. The zero-order valence-corrected chi connectivity index (χ0v) is 17.1. The van der Waals surface area contributed by atoms with E-state index in [0.29, 0.717) is 25.4 Å². The van der Waals surface area contributed by atoms with Gasteiger partial charge in [-0.15, -0.1) is 0 Å². The van der Waals surface area contributed by atoms with Crippen LogP contribution in [-0.4, -0.2) is 64.3 Å². The average molecular weight is 415 g/mol. The lowest BCUT2D eigenvalue weighted by molar-refractivity contribution is -0.100. The number of nitrogens with one attached hydrogen (secondary N) is 2. The summed E-state index contributed by atoms with van der Waals surface area (Å²) in [6.45, 7) is 11.2. The topological polar surface area (TPSA) is 92.7 Å². The van der Waals surface area contributed by atoms with Crippen LogP contribution in [0.5, 0.6) is 0 Å². The van der Waals surface area contributed by atoms with Crippen molar-refractivity contribution in [1.29, 1.82) is 0 Å². The maximum Gasteiger partial charge on any atom is 0.417 e. The lowest BCUT2D eigenvalue weighted by Crippen LogP contribution is -2.52. The summed E-state index contributed by atoms with van der Waals surface area (Å²) >= 11 is 0. The molecule has 8 nitrogen and oxygen atoms in total. The Balaban J connectivity index is 1.71. The zero-order chi connectivity index (χ0) is 21.4. The summed E-state index contributed by atoms with van der Waals surface area (Å²) in [6, 6.07) is 0. The molecule has 0 spiro atoms. The number of ether oxygens (including phenoxy) is 1. The maximum absolute atomic E-state index is 13.1. The predicted octanol–water partition coefficient (Wildman–Crippen LogP) is 1.79. The molecule has 0 bridgehead atoms. The SMILES string of the molecule is Cc1c(NC2=NC(C)(N)C(C(F)(F)F)=CN2)cnn1CC(C)(C)N1CCOCC1. The number of aromatic nitrogens is 2. The average Bonchev–Trinajstić information content (AvgIpc) is 2.93. The lowest BCUT2D eigenvalue weighted by atomic mass is 10.0. The van der Waals surface area contributed by atoms with E-state index in [4.69, 9.17) is 10.5 Å². The molecular formula is C18H28F3N7O. The van der Waals surface area contributed by atoms with Crippen LogP contribution in [0.25, 0.3) is 0 Å². The first-order valence-corrected chi connectivity index (χ1v) is 9.45. The number of hydrogen-bond donors (Lipinski definition) is 3. The van der Waals surface area contributed by atoms with Gasteiger partial charge in [-0.2, -0.15) is 18.3 Å². The number of morpholine rings is 1. The molecule has 0 aliphatic carbocycles. The quantitative estimate of drug-likeness (QED) is 0.695. The molecule has 4 N–H and O–H groups in total. The van der Waals surface area contributed by atoms with Crippen LogP contribution in [0.1, 0.15) is 26.5 Å². The van der Waals surface area contributed by atoms with Crippen LogP contribution < -0.4 is 16.4 Å². The van der Waals surface area contributed by atoms with Crippen molar-refractivity contribution < 1.29 is 17.9 Å². The number of nitrogens with two attached hydrogens (primary N) is 1. The number of guanidine groups is 1. The van der Waals surface area contributed by atoms with Gasteiger partial charge in [0.05, 0.1) is 42.9 Å². The van der Waals surface area contributed by atoms with Gasteiger partial charge < -0.3 is 21.1 Å². The zero-order valence-electron chi connectivity index (χ0n) is 17.1. The number of nitrogens with zero attached hydrogens (tertiary/aromatic N) is 4. The maximum atomic E-state index is 13.1. The Hall–Kier alpha value is -2.11. The molecule has 1 aromatic rings. The number of anilines is 1. The first kappa shape index (κ1) is 21.6. The molecule has 0 aromatic carbocycles. The van der Waals surface area contributed by atoms with E-state index in [-0.39, 0.29) is 11.5 Å². The Morgan fingerprint density at radius 1 is 1.31 bits per heavy atom. The fourth-order valence-corrected chi connectivity index (χ4v) is 3.54. The van der Waals surface area contributed by atoms with Crippen molar-refractivity contribution in [3.05, 3.63) is 23.7 Å². The van der Waals surface area contributed by atoms with Crippen molar-refractivity contribution in [2.45, 2.75) is 51.6 Å². The van der Waals surface area contributed by atoms with Crippen molar-refractivity contribution >= 4 is 11.6 Å². The molecule has 3 rings (SSSR count). The minimum Gasteiger partial charge on any atom is -0.379 e. The Morgan fingerprint density at radius 3 is 2.55 bits per heavy atom. The van der Waals surface area contributed by atoms with Gasteiger partial charge in [0, 0.05) is 24.8 Å².